The highest BCUT2D eigenvalue weighted by Gasteiger charge is 2.19. The number of rotatable bonds is 8. The van der Waals surface area contributed by atoms with Gasteiger partial charge in [0, 0.05) is 10.6 Å². The maximum absolute atomic E-state index is 12.4. The van der Waals surface area contributed by atoms with Crippen LogP contribution in [-0.2, 0) is 16.1 Å². The van der Waals surface area contributed by atoms with Crippen molar-refractivity contribution < 1.29 is 28.5 Å². The van der Waals surface area contributed by atoms with E-state index in [9.17, 15) is 9.59 Å². The number of hydrogen-bond acceptors (Lipinski definition) is 6. The molecule has 2 aromatic rings. The number of primary amides is 1. The summed E-state index contributed by atoms with van der Waals surface area (Å²) < 4.78 is 21.0. The molecule has 8 heteroatoms. The van der Waals surface area contributed by atoms with Crippen molar-refractivity contribution in [1.29, 1.82) is 0 Å². The molecule has 7 nitrogen and oxygen atoms in total. The first kappa shape index (κ1) is 19.4. The molecule has 0 radical (unpaired) electrons. The molecule has 0 aliphatic carbocycles. The van der Waals surface area contributed by atoms with Gasteiger partial charge in [-0.1, -0.05) is 29.8 Å². The van der Waals surface area contributed by atoms with Gasteiger partial charge in [0.15, 0.2) is 18.1 Å². The summed E-state index contributed by atoms with van der Waals surface area (Å²) in [6.07, 6.45) is 0. The molecule has 0 bridgehead atoms. The van der Waals surface area contributed by atoms with Crippen LogP contribution in [0.4, 0.5) is 0 Å². The fourth-order valence-corrected chi connectivity index (χ4v) is 2.32. The Kier molecular flexibility index (Phi) is 6.68. The summed E-state index contributed by atoms with van der Waals surface area (Å²) in [5.74, 6) is -0.678. The number of nitrogens with two attached hydrogens (primary N) is 1. The van der Waals surface area contributed by atoms with Gasteiger partial charge in [0.25, 0.3) is 5.91 Å². The van der Waals surface area contributed by atoms with Crippen LogP contribution in [0.5, 0.6) is 17.2 Å². The molecule has 0 atom stereocenters. The van der Waals surface area contributed by atoms with Crippen molar-refractivity contribution in [2.45, 2.75) is 6.61 Å². The van der Waals surface area contributed by atoms with E-state index in [-0.39, 0.29) is 36.0 Å². The van der Waals surface area contributed by atoms with Gasteiger partial charge in [-0.15, -0.1) is 0 Å². The van der Waals surface area contributed by atoms with Crippen molar-refractivity contribution in [2.75, 3.05) is 20.8 Å². The first-order valence-corrected chi connectivity index (χ1v) is 7.91. The number of ether oxygens (including phenoxy) is 4. The molecule has 2 N–H and O–H groups in total. The summed E-state index contributed by atoms with van der Waals surface area (Å²) in [7, 11) is 2.79. The van der Waals surface area contributed by atoms with Crippen molar-refractivity contribution in [3.8, 4) is 17.2 Å². The summed E-state index contributed by atoms with van der Waals surface area (Å²) in [6.45, 7) is -0.341. The van der Waals surface area contributed by atoms with E-state index in [4.69, 9.17) is 36.3 Å². The quantitative estimate of drug-likeness (QED) is 0.708. The Bertz CT molecular complexity index is 783. The van der Waals surface area contributed by atoms with Gasteiger partial charge in [0.2, 0.25) is 5.75 Å². The third kappa shape index (κ3) is 4.80. The number of carbonyl (C=O) groups is 2. The topological polar surface area (TPSA) is 97.1 Å². The van der Waals surface area contributed by atoms with Crippen molar-refractivity contribution in [1.82, 2.24) is 0 Å². The number of benzene rings is 2. The van der Waals surface area contributed by atoms with Gasteiger partial charge in [-0.2, -0.15) is 0 Å². The van der Waals surface area contributed by atoms with Crippen LogP contribution in [-0.4, -0.2) is 32.7 Å². The summed E-state index contributed by atoms with van der Waals surface area (Å²) in [6, 6.07) is 9.90. The standard InChI is InChI=1S/C18H18ClNO6/c1-23-14-7-12(8-15(24-2)17(14)25-10-16(20)21)18(22)26-9-11-5-3-4-6-13(11)19/h3-8H,9-10H2,1-2H3,(H2,20,21). The van der Waals surface area contributed by atoms with E-state index in [1.807, 2.05) is 0 Å². The number of carbonyl (C=O) groups excluding carboxylic acids is 2. The van der Waals surface area contributed by atoms with E-state index in [0.29, 0.717) is 10.6 Å². The molecule has 0 saturated carbocycles. The average molecular weight is 380 g/mol. The number of esters is 1. The number of halogens is 1. The van der Waals surface area contributed by atoms with Crippen molar-refractivity contribution >= 4 is 23.5 Å². The summed E-state index contributed by atoms with van der Waals surface area (Å²) in [5, 5.41) is 0.505. The highest BCUT2D eigenvalue weighted by atomic mass is 35.5. The maximum atomic E-state index is 12.4. The van der Waals surface area contributed by atoms with Gasteiger partial charge in [0.05, 0.1) is 19.8 Å². The van der Waals surface area contributed by atoms with Crippen LogP contribution in [0.25, 0.3) is 0 Å². The molecule has 2 aromatic carbocycles. The monoisotopic (exact) mass is 379 g/mol. The van der Waals surface area contributed by atoms with E-state index in [2.05, 4.69) is 0 Å². The van der Waals surface area contributed by atoms with Crippen molar-refractivity contribution in [3.05, 3.63) is 52.5 Å². The molecular formula is C18H18ClNO6. The van der Waals surface area contributed by atoms with Crippen LogP contribution < -0.4 is 19.9 Å². The van der Waals surface area contributed by atoms with Crippen LogP contribution in [0.15, 0.2) is 36.4 Å². The summed E-state index contributed by atoms with van der Waals surface area (Å²) >= 11 is 6.04. The van der Waals surface area contributed by atoms with Crippen LogP contribution in [0.3, 0.4) is 0 Å². The fourth-order valence-electron chi connectivity index (χ4n) is 2.13. The molecule has 1 amide bonds. The largest absolute Gasteiger partial charge is 0.493 e. The van der Waals surface area contributed by atoms with Crippen LogP contribution in [0, 0.1) is 0 Å². The Morgan fingerprint density at radius 3 is 2.23 bits per heavy atom. The zero-order chi connectivity index (χ0) is 19.1. The third-order valence-corrected chi connectivity index (χ3v) is 3.74. The van der Waals surface area contributed by atoms with Gasteiger partial charge in [-0.05, 0) is 18.2 Å². The first-order chi connectivity index (χ1) is 12.5. The number of hydrogen-bond donors (Lipinski definition) is 1. The van der Waals surface area contributed by atoms with E-state index in [1.165, 1.54) is 26.4 Å². The smallest absolute Gasteiger partial charge is 0.338 e. The van der Waals surface area contributed by atoms with E-state index >= 15 is 0 Å². The van der Waals surface area contributed by atoms with Gasteiger partial charge in [0.1, 0.15) is 6.61 Å². The third-order valence-electron chi connectivity index (χ3n) is 3.37. The van der Waals surface area contributed by atoms with Crippen LogP contribution in [0.2, 0.25) is 5.02 Å². The molecule has 0 spiro atoms. The zero-order valence-electron chi connectivity index (χ0n) is 14.3. The van der Waals surface area contributed by atoms with Crippen LogP contribution >= 0.6 is 11.6 Å². The van der Waals surface area contributed by atoms with E-state index in [0.717, 1.165) is 0 Å². The lowest BCUT2D eigenvalue weighted by Gasteiger charge is -2.15. The molecule has 0 aliphatic heterocycles. The first-order valence-electron chi connectivity index (χ1n) is 7.54. The molecule has 26 heavy (non-hydrogen) atoms. The van der Waals surface area contributed by atoms with E-state index in [1.54, 1.807) is 24.3 Å². The number of amides is 1. The zero-order valence-corrected chi connectivity index (χ0v) is 15.0. The predicted octanol–water partition coefficient (Wildman–Crippen LogP) is 2.58. The highest BCUT2D eigenvalue weighted by Crippen LogP contribution is 2.38. The average Bonchev–Trinajstić information content (AvgIpc) is 2.64. The molecule has 0 saturated heterocycles. The van der Waals surface area contributed by atoms with Crippen molar-refractivity contribution in [3.63, 3.8) is 0 Å². The maximum Gasteiger partial charge on any atom is 0.338 e. The molecular weight excluding hydrogens is 362 g/mol. The Labute approximate surface area is 155 Å². The lowest BCUT2D eigenvalue weighted by atomic mass is 10.1. The second kappa shape index (κ2) is 8.96. The second-order valence-corrected chi connectivity index (χ2v) is 5.54. The van der Waals surface area contributed by atoms with Crippen molar-refractivity contribution in [2.24, 2.45) is 5.73 Å². The molecule has 0 aromatic heterocycles. The van der Waals surface area contributed by atoms with Gasteiger partial charge >= 0.3 is 5.97 Å². The van der Waals surface area contributed by atoms with E-state index < -0.39 is 11.9 Å². The fraction of sp³-hybridized carbons (Fsp3) is 0.222. The van der Waals surface area contributed by atoms with Gasteiger partial charge in [-0.3, -0.25) is 4.79 Å². The Morgan fingerprint density at radius 1 is 1.08 bits per heavy atom. The minimum absolute atomic E-state index is 0.0169. The molecule has 138 valence electrons. The lowest BCUT2D eigenvalue weighted by Crippen LogP contribution is -2.20. The normalized spacial score (nSPS) is 10.1. The van der Waals surface area contributed by atoms with Gasteiger partial charge < -0.3 is 24.7 Å². The van der Waals surface area contributed by atoms with Crippen LogP contribution in [0.1, 0.15) is 15.9 Å². The molecule has 0 aliphatic rings. The highest BCUT2D eigenvalue weighted by molar-refractivity contribution is 6.31. The SMILES string of the molecule is COc1cc(C(=O)OCc2ccccc2Cl)cc(OC)c1OCC(N)=O. The molecule has 0 heterocycles. The minimum atomic E-state index is -0.655. The predicted molar refractivity (Wildman–Crippen MR) is 94.8 cm³/mol. The second-order valence-electron chi connectivity index (χ2n) is 5.13. The lowest BCUT2D eigenvalue weighted by molar-refractivity contribution is -0.120. The molecule has 0 fully saturated rings. The molecule has 2 rings (SSSR count). The summed E-state index contributed by atoms with van der Waals surface area (Å²) in [5.41, 5.74) is 5.95. The molecule has 0 unspecified atom stereocenters. The Balaban J connectivity index is 2.21. The van der Waals surface area contributed by atoms with Gasteiger partial charge in [-0.25, -0.2) is 4.79 Å². The summed E-state index contributed by atoms with van der Waals surface area (Å²) in [4.78, 5) is 23.3. The Hall–Kier alpha value is -2.93. The Morgan fingerprint density at radius 2 is 1.69 bits per heavy atom. The number of methoxy groups -OCH3 is 2. The minimum Gasteiger partial charge on any atom is -0.493 e.